The molecule has 0 unspecified atom stereocenters. The van der Waals surface area contributed by atoms with Gasteiger partial charge in [0.2, 0.25) is 0 Å². The van der Waals surface area contributed by atoms with Crippen LogP contribution in [0, 0.1) is 0 Å². The lowest BCUT2D eigenvalue weighted by Crippen LogP contribution is -1.91. The van der Waals surface area contributed by atoms with Gasteiger partial charge in [0.1, 0.15) is 0 Å². The first-order chi connectivity index (χ1) is 7.75. The lowest BCUT2D eigenvalue weighted by Gasteiger charge is -1.98. The molecule has 0 spiro atoms. The third kappa shape index (κ3) is 2.45. The van der Waals surface area contributed by atoms with Crippen LogP contribution < -0.4 is 0 Å². The number of nitrogens with zero attached hydrogens (tertiary/aromatic N) is 1. The average Bonchev–Trinajstić information content (AvgIpc) is 2.28. The summed E-state index contributed by atoms with van der Waals surface area (Å²) in [6.07, 6.45) is 1.52. The predicted octanol–water partition coefficient (Wildman–Crippen LogP) is 2.74. The molecule has 0 atom stereocenters. The Morgan fingerprint density at radius 2 is 1.94 bits per heavy atom. The van der Waals surface area contributed by atoms with Gasteiger partial charge in [-0.3, -0.25) is 0 Å². The molecule has 0 saturated carbocycles. The maximum atomic E-state index is 10.5. The van der Waals surface area contributed by atoms with Crippen LogP contribution >= 0.6 is 0 Å². The van der Waals surface area contributed by atoms with Crippen molar-refractivity contribution in [1.82, 2.24) is 0 Å². The largest absolute Gasteiger partial charge is 0.331 e. The zero-order valence-corrected chi connectivity index (χ0v) is 8.88. The Hall–Kier alpha value is -2.16. The molecular weight excluding hydrogens is 202 g/mol. The quantitative estimate of drug-likeness (QED) is 0.437. The molecule has 0 heterocycles. The maximum absolute atomic E-state index is 10.5. The van der Waals surface area contributed by atoms with Crippen molar-refractivity contribution in [1.29, 1.82) is 0 Å². The number of hydrogen-bond acceptors (Lipinski definition) is 3. The minimum atomic E-state index is -0.419. The number of oxime groups is 1. The summed E-state index contributed by atoms with van der Waals surface area (Å²) in [4.78, 5) is 15.0. The number of hydrogen-bond donors (Lipinski definition) is 0. The smallest absolute Gasteiger partial charge is 0.319 e. The van der Waals surface area contributed by atoms with Gasteiger partial charge in [-0.1, -0.05) is 41.6 Å². The van der Waals surface area contributed by atoms with Crippen LogP contribution in [0.25, 0.3) is 10.8 Å². The van der Waals surface area contributed by atoms with Gasteiger partial charge >= 0.3 is 5.97 Å². The van der Waals surface area contributed by atoms with Crippen molar-refractivity contribution in [3.05, 3.63) is 48.0 Å². The molecule has 80 valence electrons. The summed E-state index contributed by atoms with van der Waals surface area (Å²) in [5.74, 6) is -0.419. The van der Waals surface area contributed by atoms with Crippen molar-refractivity contribution in [2.24, 2.45) is 5.16 Å². The fraction of sp³-hybridized carbons (Fsp3) is 0.0769. The van der Waals surface area contributed by atoms with Crippen LogP contribution in [0.5, 0.6) is 0 Å². The van der Waals surface area contributed by atoms with Gasteiger partial charge in [0, 0.05) is 6.92 Å². The van der Waals surface area contributed by atoms with E-state index in [1.54, 1.807) is 0 Å². The maximum Gasteiger partial charge on any atom is 0.331 e. The van der Waals surface area contributed by atoms with E-state index >= 15 is 0 Å². The van der Waals surface area contributed by atoms with E-state index in [2.05, 4.69) is 9.99 Å². The van der Waals surface area contributed by atoms with Gasteiger partial charge in [-0.25, -0.2) is 4.79 Å². The number of carbonyl (C=O) groups excluding carboxylic acids is 1. The highest BCUT2D eigenvalue weighted by atomic mass is 16.7. The Balaban J connectivity index is 2.26. The van der Waals surface area contributed by atoms with Crippen LogP contribution in [0.2, 0.25) is 0 Å². The van der Waals surface area contributed by atoms with Crippen molar-refractivity contribution in [3.63, 3.8) is 0 Å². The normalized spacial score (nSPS) is 10.8. The van der Waals surface area contributed by atoms with E-state index < -0.39 is 5.97 Å². The molecular formula is C13H11NO2. The molecule has 3 heteroatoms. The minimum Gasteiger partial charge on any atom is -0.319 e. The number of rotatable bonds is 2. The summed E-state index contributed by atoms with van der Waals surface area (Å²) < 4.78 is 0. The summed E-state index contributed by atoms with van der Waals surface area (Å²) >= 11 is 0. The Morgan fingerprint density at radius 3 is 2.69 bits per heavy atom. The highest BCUT2D eigenvalue weighted by Crippen LogP contribution is 2.14. The van der Waals surface area contributed by atoms with E-state index in [4.69, 9.17) is 0 Å². The molecule has 0 N–H and O–H groups in total. The Morgan fingerprint density at radius 1 is 1.19 bits per heavy atom. The van der Waals surface area contributed by atoms with Gasteiger partial charge < -0.3 is 4.84 Å². The van der Waals surface area contributed by atoms with E-state index in [0.717, 1.165) is 10.9 Å². The Labute approximate surface area is 93.3 Å². The summed E-state index contributed by atoms with van der Waals surface area (Å²) in [5.41, 5.74) is 0.903. The molecule has 0 amide bonds. The van der Waals surface area contributed by atoms with Gasteiger partial charge in [0.15, 0.2) is 0 Å². The van der Waals surface area contributed by atoms with Crippen molar-refractivity contribution in [2.75, 3.05) is 0 Å². The molecule has 0 fully saturated rings. The molecule has 0 aliphatic rings. The average molecular weight is 213 g/mol. The number of fused-ring (bicyclic) bond motifs is 1. The summed E-state index contributed by atoms with van der Waals surface area (Å²) in [6, 6.07) is 14.0. The zero-order valence-electron chi connectivity index (χ0n) is 8.88. The van der Waals surface area contributed by atoms with Gasteiger partial charge in [-0.15, -0.1) is 0 Å². The van der Waals surface area contributed by atoms with Crippen molar-refractivity contribution < 1.29 is 9.63 Å². The highest BCUT2D eigenvalue weighted by Gasteiger charge is 1.94. The Bertz CT molecular complexity index is 546. The van der Waals surface area contributed by atoms with Gasteiger partial charge in [0.25, 0.3) is 0 Å². The third-order valence-corrected chi connectivity index (χ3v) is 2.16. The molecule has 2 aromatic rings. The third-order valence-electron chi connectivity index (χ3n) is 2.16. The molecule has 3 nitrogen and oxygen atoms in total. The predicted molar refractivity (Wildman–Crippen MR) is 63.3 cm³/mol. The van der Waals surface area contributed by atoms with E-state index in [1.807, 2.05) is 42.5 Å². The second-order valence-corrected chi connectivity index (χ2v) is 3.42. The van der Waals surface area contributed by atoms with E-state index in [-0.39, 0.29) is 0 Å². The van der Waals surface area contributed by atoms with Crippen LogP contribution in [0.15, 0.2) is 47.6 Å². The van der Waals surface area contributed by atoms with Gasteiger partial charge in [0.05, 0.1) is 6.21 Å². The second-order valence-electron chi connectivity index (χ2n) is 3.42. The van der Waals surface area contributed by atoms with Crippen LogP contribution in [0.3, 0.4) is 0 Å². The molecule has 2 aromatic carbocycles. The fourth-order valence-electron chi connectivity index (χ4n) is 1.45. The van der Waals surface area contributed by atoms with Gasteiger partial charge in [-0.2, -0.15) is 0 Å². The van der Waals surface area contributed by atoms with Crippen LogP contribution in [-0.2, 0) is 9.63 Å². The Kier molecular flexibility index (Phi) is 2.96. The van der Waals surface area contributed by atoms with Crippen LogP contribution in [0.1, 0.15) is 12.5 Å². The van der Waals surface area contributed by atoms with Crippen LogP contribution in [-0.4, -0.2) is 12.2 Å². The molecule has 16 heavy (non-hydrogen) atoms. The van der Waals surface area contributed by atoms with Crippen molar-refractivity contribution in [2.45, 2.75) is 6.92 Å². The first kappa shape index (κ1) is 10.4. The highest BCUT2D eigenvalue weighted by molar-refractivity contribution is 5.90. The van der Waals surface area contributed by atoms with E-state index in [0.29, 0.717) is 0 Å². The summed E-state index contributed by atoms with van der Waals surface area (Å²) in [6.45, 7) is 1.32. The molecule has 0 saturated heterocycles. The summed E-state index contributed by atoms with van der Waals surface area (Å²) in [7, 11) is 0. The van der Waals surface area contributed by atoms with Crippen LogP contribution in [0.4, 0.5) is 0 Å². The summed E-state index contributed by atoms with van der Waals surface area (Å²) in [5, 5.41) is 5.88. The van der Waals surface area contributed by atoms with E-state index in [9.17, 15) is 4.79 Å². The number of benzene rings is 2. The standard InChI is InChI=1S/C13H11NO2/c1-10(15)16-14-9-11-6-7-12-4-2-3-5-13(12)8-11/h2-9H,1H3. The van der Waals surface area contributed by atoms with Crippen molar-refractivity contribution in [3.8, 4) is 0 Å². The minimum absolute atomic E-state index is 0.419. The first-order valence-electron chi connectivity index (χ1n) is 4.95. The first-order valence-corrected chi connectivity index (χ1v) is 4.95. The van der Waals surface area contributed by atoms with E-state index in [1.165, 1.54) is 18.5 Å². The molecule has 0 aromatic heterocycles. The van der Waals surface area contributed by atoms with Crippen molar-refractivity contribution >= 4 is 23.0 Å². The molecule has 2 rings (SSSR count). The fourth-order valence-corrected chi connectivity index (χ4v) is 1.45. The monoisotopic (exact) mass is 213 g/mol. The molecule has 0 aliphatic heterocycles. The lowest BCUT2D eigenvalue weighted by molar-refractivity contribution is -0.140. The second kappa shape index (κ2) is 4.57. The van der Waals surface area contributed by atoms with Gasteiger partial charge in [-0.05, 0) is 22.4 Å². The lowest BCUT2D eigenvalue weighted by atomic mass is 10.1. The number of carbonyl (C=O) groups is 1. The zero-order chi connectivity index (χ0) is 11.4. The molecule has 0 radical (unpaired) electrons. The SMILES string of the molecule is CC(=O)ON=Cc1ccc2ccccc2c1. The molecule has 0 aliphatic carbocycles. The topological polar surface area (TPSA) is 38.7 Å². The molecule has 0 bridgehead atoms.